The second-order valence-corrected chi connectivity index (χ2v) is 2.90. The fourth-order valence-electron chi connectivity index (χ4n) is 1.12. The van der Waals surface area contributed by atoms with Crippen LogP contribution in [0.3, 0.4) is 0 Å². The third-order valence-electron chi connectivity index (χ3n) is 1.81. The normalized spacial score (nSPS) is 27.4. The van der Waals surface area contributed by atoms with Crippen LogP contribution in [0.15, 0.2) is 24.0 Å². The molecule has 1 nitrogen and oxygen atoms in total. The summed E-state index contributed by atoms with van der Waals surface area (Å²) in [5, 5.41) is 9.11. The molecule has 1 atom stereocenters. The average Bonchev–Trinajstić information content (AvgIpc) is 1.90. The van der Waals surface area contributed by atoms with Gasteiger partial charge in [0.2, 0.25) is 0 Å². The summed E-state index contributed by atoms with van der Waals surface area (Å²) >= 11 is 0. The van der Waals surface area contributed by atoms with E-state index in [1.165, 1.54) is 12.8 Å². The van der Waals surface area contributed by atoms with E-state index >= 15 is 0 Å². The Balaban J connectivity index is 0.000001000. The maximum atomic E-state index is 9.11. The molecule has 0 bridgehead atoms. The average molecular weight is 376 g/mol. The molecule has 0 aromatic carbocycles. The van der Waals surface area contributed by atoms with Gasteiger partial charge in [0.1, 0.15) is 5.76 Å². The second kappa shape index (κ2) is 5.92. The number of rotatable bonds is 0. The molecule has 0 aromatic rings. The van der Waals surface area contributed by atoms with Crippen LogP contribution in [-0.2, 0) is 0 Å². The summed E-state index contributed by atoms with van der Waals surface area (Å²) in [5.74, 6) is 1.04. The molecule has 0 fully saturated rings. The minimum atomic E-state index is 0. The number of hydrogen-bond acceptors (Lipinski definition) is 1. The Morgan fingerprint density at radius 2 is 2.27 bits per heavy atom. The van der Waals surface area contributed by atoms with E-state index in [4.69, 9.17) is 5.11 Å². The van der Waals surface area contributed by atoms with E-state index < -0.39 is 0 Å². The number of aliphatic hydroxyl groups excluding tert-OH is 1. The monoisotopic (exact) mass is 376 g/mol. The Morgan fingerprint density at radius 3 is 3.00 bits per heavy atom. The van der Waals surface area contributed by atoms with Gasteiger partial charge in [-0.2, -0.15) is 0 Å². The molecule has 1 aliphatic carbocycles. The number of allylic oxidation sites excluding steroid dienone is 3. The zero-order valence-corrected chi connectivity index (χ0v) is 11.0. The van der Waals surface area contributed by atoms with Gasteiger partial charge >= 0.3 is 0 Å². The molecule has 60 valence electrons. The van der Waals surface area contributed by atoms with Crippen LogP contribution >= 0.6 is 0 Å². The molecular formula is C9H14OU. The molecule has 0 saturated heterocycles. The summed E-state index contributed by atoms with van der Waals surface area (Å²) in [6.07, 6.45) is 9.17. The van der Waals surface area contributed by atoms with Gasteiger partial charge in [0.15, 0.2) is 0 Å². The maximum absolute atomic E-state index is 9.11. The van der Waals surface area contributed by atoms with Crippen molar-refractivity contribution in [1.82, 2.24) is 0 Å². The molecule has 0 aromatic heterocycles. The van der Waals surface area contributed by atoms with E-state index in [0.717, 1.165) is 6.42 Å². The van der Waals surface area contributed by atoms with Crippen molar-refractivity contribution >= 4 is 0 Å². The zero-order chi connectivity index (χ0) is 7.40. The van der Waals surface area contributed by atoms with Gasteiger partial charge in [-0.05, 0) is 37.3 Å². The molecule has 0 amide bonds. The van der Waals surface area contributed by atoms with Crippen LogP contribution in [0, 0.1) is 37.0 Å². The fraction of sp³-hybridized carbons (Fsp3) is 0.556. The topological polar surface area (TPSA) is 20.2 Å². The van der Waals surface area contributed by atoms with Crippen LogP contribution in [0.25, 0.3) is 0 Å². The molecule has 0 spiro atoms. The summed E-state index contributed by atoms with van der Waals surface area (Å²) in [5.41, 5.74) is 0. The van der Waals surface area contributed by atoms with Crippen molar-refractivity contribution in [3.8, 4) is 0 Å². The molecule has 11 heavy (non-hydrogen) atoms. The predicted octanol–water partition coefficient (Wildman–Crippen LogP) is 2.80. The van der Waals surface area contributed by atoms with E-state index in [-0.39, 0.29) is 31.1 Å². The molecule has 1 aliphatic rings. The molecule has 2 heteroatoms. The van der Waals surface area contributed by atoms with Gasteiger partial charge < -0.3 is 5.11 Å². The molecule has 1 N–H and O–H groups in total. The molecular weight excluding hydrogens is 362 g/mol. The van der Waals surface area contributed by atoms with Gasteiger partial charge in [0, 0.05) is 31.1 Å². The summed E-state index contributed by atoms with van der Waals surface area (Å²) in [4.78, 5) is 0. The first-order valence-corrected chi connectivity index (χ1v) is 3.86. The Kier molecular flexibility index (Phi) is 6.10. The molecule has 0 aliphatic heterocycles. The molecule has 0 heterocycles. The van der Waals surface area contributed by atoms with Gasteiger partial charge in [0.25, 0.3) is 0 Å². The smallest absolute Gasteiger partial charge is 0.111 e. The van der Waals surface area contributed by atoms with E-state index in [9.17, 15) is 0 Å². The first-order chi connectivity index (χ1) is 4.79. The quantitative estimate of drug-likeness (QED) is 0.690. The van der Waals surface area contributed by atoms with Crippen LogP contribution in [0.5, 0.6) is 0 Å². The van der Waals surface area contributed by atoms with Crippen molar-refractivity contribution in [1.29, 1.82) is 0 Å². The van der Waals surface area contributed by atoms with Gasteiger partial charge in [-0.15, -0.1) is 0 Å². The van der Waals surface area contributed by atoms with Crippen molar-refractivity contribution < 1.29 is 36.2 Å². The predicted molar refractivity (Wildman–Crippen MR) is 42.9 cm³/mol. The Morgan fingerprint density at radius 1 is 1.55 bits per heavy atom. The molecule has 1 rings (SSSR count). The second-order valence-electron chi connectivity index (χ2n) is 2.90. The summed E-state index contributed by atoms with van der Waals surface area (Å²) in [6.45, 7) is 2.18. The molecule has 1 unspecified atom stereocenters. The molecule has 0 saturated carbocycles. The van der Waals surface area contributed by atoms with E-state index in [1.807, 2.05) is 6.08 Å². The van der Waals surface area contributed by atoms with Crippen LogP contribution in [0.1, 0.15) is 26.2 Å². The van der Waals surface area contributed by atoms with Crippen molar-refractivity contribution in [3.63, 3.8) is 0 Å². The SMILES string of the molecule is CC1/C=C\C(O)=CCCC1.[U]. The van der Waals surface area contributed by atoms with Crippen LogP contribution in [0.2, 0.25) is 0 Å². The Bertz CT molecular complexity index is 161. The van der Waals surface area contributed by atoms with E-state index in [0.29, 0.717) is 11.7 Å². The first-order valence-electron chi connectivity index (χ1n) is 3.86. The summed E-state index contributed by atoms with van der Waals surface area (Å²) in [7, 11) is 0. The Hall–Kier alpha value is 0.332. The van der Waals surface area contributed by atoms with Gasteiger partial charge in [-0.1, -0.05) is 13.0 Å². The van der Waals surface area contributed by atoms with Gasteiger partial charge in [0.05, 0.1) is 0 Å². The largest absolute Gasteiger partial charge is 0.508 e. The first kappa shape index (κ1) is 11.3. The molecule has 0 radical (unpaired) electrons. The van der Waals surface area contributed by atoms with Crippen LogP contribution < -0.4 is 0 Å². The van der Waals surface area contributed by atoms with Gasteiger partial charge in [-0.3, -0.25) is 0 Å². The maximum Gasteiger partial charge on any atom is 0.111 e. The fourth-order valence-corrected chi connectivity index (χ4v) is 1.12. The van der Waals surface area contributed by atoms with Crippen molar-refractivity contribution in [2.45, 2.75) is 26.2 Å². The summed E-state index contributed by atoms with van der Waals surface area (Å²) < 4.78 is 0. The van der Waals surface area contributed by atoms with Crippen molar-refractivity contribution in [3.05, 3.63) is 24.0 Å². The van der Waals surface area contributed by atoms with E-state index in [1.54, 1.807) is 6.08 Å². The minimum Gasteiger partial charge on any atom is -0.508 e. The van der Waals surface area contributed by atoms with Crippen LogP contribution in [-0.4, -0.2) is 5.11 Å². The van der Waals surface area contributed by atoms with Crippen LogP contribution in [0.4, 0.5) is 0 Å². The number of hydrogen-bond donors (Lipinski definition) is 1. The third kappa shape index (κ3) is 4.72. The summed E-state index contributed by atoms with van der Waals surface area (Å²) in [6, 6.07) is 0. The van der Waals surface area contributed by atoms with Crippen molar-refractivity contribution in [2.24, 2.45) is 5.92 Å². The van der Waals surface area contributed by atoms with E-state index in [2.05, 4.69) is 13.0 Å². The standard InChI is InChI=1S/C9H14O.U/c1-8-4-2-3-5-9(10)7-6-8;/h5-8,10H,2-4H2,1H3;/b7-6-,9-5?;. The van der Waals surface area contributed by atoms with Crippen molar-refractivity contribution in [2.75, 3.05) is 0 Å². The third-order valence-corrected chi connectivity index (χ3v) is 1.81. The Labute approximate surface area is 91.9 Å². The minimum absolute atomic E-state index is 0. The zero-order valence-electron chi connectivity index (χ0n) is 6.88. The number of aliphatic hydroxyl groups is 1. The van der Waals surface area contributed by atoms with Gasteiger partial charge in [-0.25, -0.2) is 0 Å².